The maximum Gasteiger partial charge on any atom is 0.264 e. The number of nitrogens with one attached hydrogen (secondary N) is 1. The predicted octanol–water partition coefficient (Wildman–Crippen LogP) is 2.91. The zero-order chi connectivity index (χ0) is 17.9. The largest absolute Gasteiger partial charge is 0.321 e. The lowest BCUT2D eigenvalue weighted by molar-refractivity contribution is -0.0258. The Hall–Kier alpha value is -2.00. The van der Waals surface area contributed by atoms with Gasteiger partial charge in [0.15, 0.2) is 0 Å². The maximum atomic E-state index is 13.0. The molecule has 6 nitrogen and oxygen atoms in total. The topological polar surface area (TPSA) is 75.7 Å². The summed E-state index contributed by atoms with van der Waals surface area (Å²) in [6.07, 6.45) is 0. The third-order valence-electron chi connectivity index (χ3n) is 3.17. The molecule has 0 unspecified atom stereocenters. The summed E-state index contributed by atoms with van der Waals surface area (Å²) in [6.45, 7) is 0. The van der Waals surface area contributed by atoms with Crippen LogP contribution in [0.15, 0.2) is 47.4 Å². The number of sulfonamides is 1. The number of carbonyl (C=O) groups is 1. The Balaban J connectivity index is 2.30. The van der Waals surface area contributed by atoms with Gasteiger partial charge in [0, 0.05) is 12.6 Å². The van der Waals surface area contributed by atoms with Gasteiger partial charge in [0.05, 0.1) is 22.7 Å². The average molecular weight is 373 g/mol. The first-order chi connectivity index (χ1) is 11.3. The second-order valence-electron chi connectivity index (χ2n) is 4.70. The van der Waals surface area contributed by atoms with Crippen molar-refractivity contribution in [2.45, 2.75) is 4.90 Å². The average Bonchev–Trinajstić information content (AvgIpc) is 2.56. The van der Waals surface area contributed by atoms with E-state index < -0.39 is 21.7 Å². The van der Waals surface area contributed by atoms with Gasteiger partial charge in [-0.2, -0.15) is 0 Å². The number of hydroxylamine groups is 1. The molecule has 1 N–H and O–H groups in total. The molecule has 128 valence electrons. The highest BCUT2D eigenvalue weighted by molar-refractivity contribution is 7.89. The van der Waals surface area contributed by atoms with Crippen molar-refractivity contribution >= 4 is 33.2 Å². The van der Waals surface area contributed by atoms with Crippen molar-refractivity contribution < 1.29 is 22.4 Å². The van der Waals surface area contributed by atoms with Crippen molar-refractivity contribution in [2.75, 3.05) is 19.5 Å². The molecular formula is C15H14ClFN2O4S. The van der Waals surface area contributed by atoms with E-state index in [1.807, 2.05) is 0 Å². The summed E-state index contributed by atoms with van der Waals surface area (Å²) in [7, 11) is -1.43. The van der Waals surface area contributed by atoms with E-state index in [1.54, 1.807) is 0 Å². The van der Waals surface area contributed by atoms with Crippen LogP contribution in [-0.4, -0.2) is 33.0 Å². The Kier molecular flexibility index (Phi) is 5.55. The van der Waals surface area contributed by atoms with Gasteiger partial charge in [0.25, 0.3) is 15.9 Å². The summed E-state index contributed by atoms with van der Waals surface area (Å²) >= 11 is 5.85. The molecule has 0 radical (unpaired) electrons. The Morgan fingerprint density at radius 1 is 1.25 bits per heavy atom. The van der Waals surface area contributed by atoms with Crippen LogP contribution < -0.4 is 5.32 Å². The second kappa shape index (κ2) is 7.27. The fraction of sp³-hybridized carbons (Fsp3) is 0.133. The van der Waals surface area contributed by atoms with Gasteiger partial charge < -0.3 is 5.32 Å². The van der Waals surface area contributed by atoms with E-state index in [2.05, 4.69) is 10.2 Å². The zero-order valence-corrected chi connectivity index (χ0v) is 14.4. The van der Waals surface area contributed by atoms with Crippen molar-refractivity contribution in [3.63, 3.8) is 0 Å². The highest BCUT2D eigenvalue weighted by Gasteiger charge is 2.22. The van der Waals surface area contributed by atoms with Crippen LogP contribution in [0.25, 0.3) is 0 Å². The lowest BCUT2D eigenvalue weighted by Gasteiger charge is -2.14. The minimum absolute atomic E-state index is 0.0336. The van der Waals surface area contributed by atoms with Crippen molar-refractivity contribution in [2.24, 2.45) is 0 Å². The molecule has 0 aliphatic carbocycles. The molecule has 2 aromatic carbocycles. The lowest BCUT2D eigenvalue weighted by atomic mass is 10.2. The third-order valence-corrected chi connectivity index (χ3v) is 5.16. The molecule has 0 aliphatic heterocycles. The van der Waals surface area contributed by atoms with Crippen LogP contribution in [0.4, 0.5) is 10.1 Å². The Labute approximate surface area is 143 Å². The first-order valence-corrected chi connectivity index (χ1v) is 8.47. The van der Waals surface area contributed by atoms with Crippen molar-refractivity contribution in [3.8, 4) is 0 Å². The molecule has 0 fully saturated rings. The van der Waals surface area contributed by atoms with Gasteiger partial charge in [-0.3, -0.25) is 9.63 Å². The van der Waals surface area contributed by atoms with E-state index in [0.29, 0.717) is 4.47 Å². The van der Waals surface area contributed by atoms with E-state index in [-0.39, 0.29) is 21.2 Å². The molecular weight excluding hydrogens is 359 g/mol. The van der Waals surface area contributed by atoms with Gasteiger partial charge in [0.2, 0.25) is 0 Å². The monoisotopic (exact) mass is 372 g/mol. The number of hydrogen-bond donors (Lipinski definition) is 1. The van der Waals surface area contributed by atoms with Gasteiger partial charge in [-0.1, -0.05) is 22.1 Å². The minimum Gasteiger partial charge on any atom is -0.321 e. The number of amides is 1. The second-order valence-corrected chi connectivity index (χ2v) is 7.05. The summed E-state index contributed by atoms with van der Waals surface area (Å²) in [5.41, 5.74) is 0.311. The van der Waals surface area contributed by atoms with Crippen LogP contribution in [0.3, 0.4) is 0 Å². The maximum absolute atomic E-state index is 13.0. The van der Waals surface area contributed by atoms with Crippen LogP contribution in [0, 0.1) is 5.82 Å². The molecule has 0 aliphatic rings. The van der Waals surface area contributed by atoms with Crippen LogP contribution in [0.5, 0.6) is 0 Å². The molecule has 1 amide bonds. The summed E-state index contributed by atoms with van der Waals surface area (Å²) in [5, 5.41) is 2.53. The number of hydrogen-bond acceptors (Lipinski definition) is 4. The predicted molar refractivity (Wildman–Crippen MR) is 87.8 cm³/mol. The Morgan fingerprint density at radius 2 is 1.96 bits per heavy atom. The highest BCUT2D eigenvalue weighted by Crippen LogP contribution is 2.23. The molecule has 0 bridgehead atoms. The SMILES string of the molecule is CON(C)S(=O)(=O)c1cccc(C(=O)Nc2ccc(F)cc2Cl)c1. The zero-order valence-electron chi connectivity index (χ0n) is 12.8. The quantitative estimate of drug-likeness (QED) is 0.819. The third kappa shape index (κ3) is 3.90. The normalized spacial score (nSPS) is 11.5. The molecule has 0 aromatic heterocycles. The number of benzene rings is 2. The van der Waals surface area contributed by atoms with Crippen molar-refractivity contribution in [1.82, 2.24) is 4.47 Å². The molecule has 0 heterocycles. The van der Waals surface area contributed by atoms with Gasteiger partial charge in [-0.15, -0.1) is 0 Å². The molecule has 0 spiro atoms. The molecule has 0 saturated heterocycles. The van der Waals surface area contributed by atoms with Gasteiger partial charge in [-0.25, -0.2) is 12.8 Å². The molecule has 24 heavy (non-hydrogen) atoms. The smallest absolute Gasteiger partial charge is 0.264 e. The number of anilines is 1. The highest BCUT2D eigenvalue weighted by atomic mass is 35.5. The molecule has 2 rings (SSSR count). The van der Waals surface area contributed by atoms with E-state index in [4.69, 9.17) is 11.6 Å². The molecule has 0 saturated carbocycles. The number of halogens is 2. The van der Waals surface area contributed by atoms with Crippen LogP contribution in [0.1, 0.15) is 10.4 Å². The number of carbonyl (C=O) groups excluding carboxylic acids is 1. The van der Waals surface area contributed by atoms with Crippen LogP contribution >= 0.6 is 11.6 Å². The number of rotatable bonds is 5. The number of nitrogens with zero attached hydrogens (tertiary/aromatic N) is 1. The fourth-order valence-electron chi connectivity index (χ4n) is 1.83. The minimum atomic E-state index is -3.88. The Morgan fingerprint density at radius 3 is 2.58 bits per heavy atom. The van der Waals surface area contributed by atoms with Gasteiger partial charge in [0.1, 0.15) is 5.82 Å². The standard InChI is InChI=1S/C15H14ClFN2O4S/c1-19(23-2)24(21,22)12-5-3-4-10(8-12)15(20)18-14-7-6-11(17)9-13(14)16/h3-9H,1-2H3,(H,18,20). The van der Waals surface area contributed by atoms with Crippen molar-refractivity contribution in [1.29, 1.82) is 0 Å². The summed E-state index contributed by atoms with van der Waals surface area (Å²) in [4.78, 5) is 16.8. The van der Waals surface area contributed by atoms with Gasteiger partial charge in [-0.05, 0) is 36.4 Å². The lowest BCUT2D eigenvalue weighted by Crippen LogP contribution is -2.26. The first kappa shape index (κ1) is 18.3. The summed E-state index contributed by atoms with van der Waals surface area (Å²) < 4.78 is 38.1. The van der Waals surface area contributed by atoms with Crippen molar-refractivity contribution in [3.05, 3.63) is 58.9 Å². The van der Waals surface area contributed by atoms with E-state index in [0.717, 1.165) is 12.1 Å². The van der Waals surface area contributed by atoms with Gasteiger partial charge >= 0.3 is 0 Å². The molecule has 0 atom stereocenters. The van der Waals surface area contributed by atoms with Crippen LogP contribution in [0.2, 0.25) is 5.02 Å². The van der Waals surface area contributed by atoms with E-state index >= 15 is 0 Å². The molecule has 2 aromatic rings. The van der Waals surface area contributed by atoms with E-state index in [9.17, 15) is 17.6 Å². The first-order valence-electron chi connectivity index (χ1n) is 6.65. The fourth-order valence-corrected chi connectivity index (χ4v) is 3.06. The molecule has 9 heteroatoms. The van der Waals surface area contributed by atoms with Crippen LogP contribution in [-0.2, 0) is 14.9 Å². The summed E-state index contributed by atoms with van der Waals surface area (Å²) in [5.74, 6) is -1.12. The Bertz CT molecular complexity index is 874. The summed E-state index contributed by atoms with van der Waals surface area (Å²) in [6, 6.07) is 8.94. The van der Waals surface area contributed by atoms with E-state index in [1.165, 1.54) is 44.5 Å².